The summed E-state index contributed by atoms with van der Waals surface area (Å²) in [7, 11) is 0. The third-order valence-corrected chi connectivity index (χ3v) is 5.03. The zero-order valence-corrected chi connectivity index (χ0v) is 19.4. The average molecular weight is 484 g/mol. The molecule has 0 spiro atoms. The van der Waals surface area contributed by atoms with Crippen LogP contribution in [0.15, 0.2) is 65.8 Å². The summed E-state index contributed by atoms with van der Waals surface area (Å²) in [6.07, 6.45) is 1.36. The lowest BCUT2D eigenvalue weighted by Crippen LogP contribution is -2.32. The minimum absolute atomic E-state index is 0.0392. The molecule has 7 nitrogen and oxygen atoms in total. The molecule has 0 saturated carbocycles. The number of hydrogen-bond acceptors (Lipinski definition) is 5. The molecular formula is C25H23ClFN3O4. The van der Waals surface area contributed by atoms with Crippen LogP contribution in [0.2, 0.25) is 5.02 Å². The maximum absolute atomic E-state index is 13.8. The Morgan fingerprint density at radius 3 is 2.56 bits per heavy atom. The molecule has 0 aliphatic heterocycles. The summed E-state index contributed by atoms with van der Waals surface area (Å²) in [6.45, 7) is 4.07. The molecule has 2 N–H and O–H groups in total. The molecule has 0 saturated heterocycles. The van der Waals surface area contributed by atoms with Gasteiger partial charge in [-0.3, -0.25) is 9.59 Å². The molecule has 9 heteroatoms. The first-order valence-electron chi connectivity index (χ1n) is 10.4. The number of halogens is 2. The Morgan fingerprint density at radius 2 is 1.82 bits per heavy atom. The lowest BCUT2D eigenvalue weighted by atomic mass is 10.2. The highest BCUT2D eigenvalue weighted by Gasteiger charge is 2.13. The number of rotatable bonds is 8. The van der Waals surface area contributed by atoms with E-state index >= 15 is 0 Å². The maximum atomic E-state index is 13.8. The number of carbonyl (C=O) groups excluding carboxylic acids is 2. The highest BCUT2D eigenvalue weighted by molar-refractivity contribution is 6.39. The molecule has 34 heavy (non-hydrogen) atoms. The van der Waals surface area contributed by atoms with Crippen molar-refractivity contribution in [2.45, 2.75) is 20.5 Å². The van der Waals surface area contributed by atoms with E-state index in [-0.39, 0.29) is 12.4 Å². The number of nitrogens with one attached hydrogen (secondary N) is 2. The van der Waals surface area contributed by atoms with Crippen molar-refractivity contribution in [3.63, 3.8) is 0 Å². The van der Waals surface area contributed by atoms with Gasteiger partial charge in [0.1, 0.15) is 12.4 Å². The van der Waals surface area contributed by atoms with Gasteiger partial charge < -0.3 is 14.8 Å². The first kappa shape index (κ1) is 24.7. The predicted molar refractivity (Wildman–Crippen MR) is 129 cm³/mol. The molecule has 0 aromatic heterocycles. The Kier molecular flexibility index (Phi) is 8.59. The van der Waals surface area contributed by atoms with E-state index in [1.165, 1.54) is 12.3 Å². The average Bonchev–Trinajstić information content (AvgIpc) is 2.82. The number of hydrogen-bond donors (Lipinski definition) is 2. The van der Waals surface area contributed by atoms with Crippen molar-refractivity contribution in [3.05, 3.63) is 88.2 Å². The molecule has 0 heterocycles. The zero-order chi connectivity index (χ0) is 24.5. The van der Waals surface area contributed by atoms with Gasteiger partial charge in [0.15, 0.2) is 11.5 Å². The van der Waals surface area contributed by atoms with Gasteiger partial charge in [-0.2, -0.15) is 5.10 Å². The largest absolute Gasteiger partial charge is 0.490 e. The van der Waals surface area contributed by atoms with Gasteiger partial charge in [0.2, 0.25) is 0 Å². The second-order valence-electron chi connectivity index (χ2n) is 7.14. The molecule has 0 radical (unpaired) electrons. The maximum Gasteiger partial charge on any atom is 0.329 e. The Morgan fingerprint density at radius 1 is 1.03 bits per heavy atom. The van der Waals surface area contributed by atoms with Gasteiger partial charge in [0, 0.05) is 16.3 Å². The summed E-state index contributed by atoms with van der Waals surface area (Å²) >= 11 is 6.02. The van der Waals surface area contributed by atoms with E-state index in [0.717, 1.165) is 5.56 Å². The standard InChI is InChI=1S/C25H23ClFN3O4/c1-3-33-23-12-17(9-11-22(23)34-15-18-6-4-5-7-21(18)27)14-28-30-25(32)24(31)29-19-10-8-16(2)20(26)13-19/h4-14H,3,15H2,1-2H3,(H,29,31)(H,30,32)/b28-14+. The van der Waals surface area contributed by atoms with Crippen molar-refractivity contribution in [2.24, 2.45) is 5.10 Å². The van der Waals surface area contributed by atoms with Crippen molar-refractivity contribution in [1.82, 2.24) is 5.43 Å². The number of benzene rings is 3. The van der Waals surface area contributed by atoms with E-state index < -0.39 is 11.8 Å². The van der Waals surface area contributed by atoms with Crippen molar-refractivity contribution < 1.29 is 23.5 Å². The molecule has 176 valence electrons. The number of ether oxygens (including phenoxy) is 2. The van der Waals surface area contributed by atoms with Crippen LogP contribution in [0.3, 0.4) is 0 Å². The number of anilines is 1. The van der Waals surface area contributed by atoms with Crippen LogP contribution in [0.4, 0.5) is 10.1 Å². The van der Waals surface area contributed by atoms with E-state index in [1.54, 1.807) is 54.6 Å². The summed E-state index contributed by atoms with van der Waals surface area (Å²) < 4.78 is 25.1. The summed E-state index contributed by atoms with van der Waals surface area (Å²) in [5.41, 5.74) is 4.43. The molecule has 0 unspecified atom stereocenters. The SMILES string of the molecule is CCOc1cc(/C=N/NC(=O)C(=O)Nc2ccc(C)c(Cl)c2)ccc1OCc1ccccc1F. The normalized spacial score (nSPS) is 10.7. The molecule has 2 amide bonds. The van der Waals surface area contributed by atoms with Crippen LogP contribution in [0, 0.1) is 12.7 Å². The van der Waals surface area contributed by atoms with Crippen LogP contribution in [0.25, 0.3) is 0 Å². The molecule has 0 atom stereocenters. The van der Waals surface area contributed by atoms with Gasteiger partial charge in [0.05, 0.1) is 12.8 Å². The van der Waals surface area contributed by atoms with Crippen molar-refractivity contribution in [1.29, 1.82) is 0 Å². The van der Waals surface area contributed by atoms with Crippen molar-refractivity contribution >= 4 is 35.3 Å². The van der Waals surface area contributed by atoms with E-state index in [1.807, 2.05) is 13.8 Å². The summed E-state index contributed by atoms with van der Waals surface area (Å²) in [5.74, 6) is -1.31. The predicted octanol–water partition coefficient (Wildman–Crippen LogP) is 4.85. The fourth-order valence-electron chi connectivity index (χ4n) is 2.84. The van der Waals surface area contributed by atoms with Gasteiger partial charge in [-0.25, -0.2) is 9.82 Å². The lowest BCUT2D eigenvalue weighted by Gasteiger charge is -2.13. The zero-order valence-electron chi connectivity index (χ0n) is 18.6. The number of carbonyl (C=O) groups is 2. The van der Waals surface area contributed by atoms with Crippen molar-refractivity contribution in [3.8, 4) is 11.5 Å². The fourth-order valence-corrected chi connectivity index (χ4v) is 3.02. The van der Waals surface area contributed by atoms with Gasteiger partial charge in [-0.05, 0) is 61.4 Å². The summed E-state index contributed by atoms with van der Waals surface area (Å²) in [6, 6.07) is 16.3. The van der Waals surface area contributed by atoms with Gasteiger partial charge in [-0.1, -0.05) is 35.9 Å². The van der Waals surface area contributed by atoms with E-state index in [4.69, 9.17) is 21.1 Å². The number of aryl methyl sites for hydroxylation is 1. The molecule has 3 aromatic rings. The van der Waals surface area contributed by atoms with Crippen LogP contribution in [0.5, 0.6) is 11.5 Å². The Hall–Kier alpha value is -3.91. The Bertz CT molecular complexity index is 1220. The van der Waals surface area contributed by atoms with E-state index in [0.29, 0.717) is 39.9 Å². The first-order valence-corrected chi connectivity index (χ1v) is 10.8. The molecule has 3 rings (SSSR count). The number of nitrogens with zero attached hydrogens (tertiary/aromatic N) is 1. The summed E-state index contributed by atoms with van der Waals surface area (Å²) in [4.78, 5) is 24.1. The lowest BCUT2D eigenvalue weighted by molar-refractivity contribution is -0.136. The Labute approximate surface area is 201 Å². The monoisotopic (exact) mass is 483 g/mol. The Balaban J connectivity index is 1.60. The highest BCUT2D eigenvalue weighted by Crippen LogP contribution is 2.29. The molecule has 3 aromatic carbocycles. The number of amides is 2. The number of hydrazone groups is 1. The second kappa shape index (κ2) is 11.8. The quantitative estimate of drug-likeness (QED) is 0.272. The van der Waals surface area contributed by atoms with Crippen LogP contribution in [0.1, 0.15) is 23.6 Å². The fraction of sp³-hybridized carbons (Fsp3) is 0.160. The van der Waals surface area contributed by atoms with Crippen molar-refractivity contribution in [2.75, 3.05) is 11.9 Å². The molecular weight excluding hydrogens is 461 g/mol. The third kappa shape index (κ3) is 6.79. The van der Waals surface area contributed by atoms with Crippen LogP contribution in [-0.4, -0.2) is 24.6 Å². The molecule has 0 bridgehead atoms. The topological polar surface area (TPSA) is 89.0 Å². The van der Waals surface area contributed by atoms with Gasteiger partial charge in [0.25, 0.3) is 0 Å². The summed E-state index contributed by atoms with van der Waals surface area (Å²) in [5, 5.41) is 6.74. The van der Waals surface area contributed by atoms with Crippen LogP contribution >= 0.6 is 11.6 Å². The van der Waals surface area contributed by atoms with Gasteiger partial charge in [-0.15, -0.1) is 0 Å². The molecule has 0 fully saturated rings. The molecule has 0 aliphatic carbocycles. The van der Waals surface area contributed by atoms with E-state index in [2.05, 4.69) is 15.8 Å². The van der Waals surface area contributed by atoms with E-state index in [9.17, 15) is 14.0 Å². The first-order chi connectivity index (χ1) is 16.4. The molecule has 0 aliphatic rings. The van der Waals surface area contributed by atoms with Gasteiger partial charge >= 0.3 is 11.8 Å². The minimum Gasteiger partial charge on any atom is -0.490 e. The smallest absolute Gasteiger partial charge is 0.329 e. The second-order valence-corrected chi connectivity index (χ2v) is 7.54. The van der Waals surface area contributed by atoms with Crippen LogP contribution < -0.4 is 20.2 Å². The highest BCUT2D eigenvalue weighted by atomic mass is 35.5. The minimum atomic E-state index is -0.942. The van der Waals surface area contributed by atoms with Crippen LogP contribution in [-0.2, 0) is 16.2 Å². The third-order valence-electron chi connectivity index (χ3n) is 4.62.